The second-order valence-corrected chi connectivity index (χ2v) is 24.3. The smallest absolute Gasteiger partial charge is 0.394 e. The van der Waals surface area contributed by atoms with Gasteiger partial charge in [-0.1, -0.05) is 0 Å². The van der Waals surface area contributed by atoms with Gasteiger partial charge in [-0.2, -0.15) is 0 Å². The average molecular weight is 1180 g/mol. The van der Waals surface area contributed by atoms with E-state index in [0.29, 0.717) is 0 Å². The Hall–Kier alpha value is 0.720. The first kappa shape index (κ1) is 69.7. The minimum atomic E-state index is -4.98. The number of hydrogen-bond acceptors (Lipinski definition) is 28. The van der Waals surface area contributed by atoms with Gasteiger partial charge in [-0.15, -0.1) is 0 Å². The molecule has 0 bridgehead atoms. The summed E-state index contributed by atoms with van der Waals surface area (Å²) in [6, 6.07) is 0. The van der Waals surface area contributed by atoms with Crippen LogP contribution in [0.4, 0.5) is 0 Å². The number of rotatable bonds is 48. The van der Waals surface area contributed by atoms with Crippen molar-refractivity contribution in [1.82, 2.24) is 10.6 Å². The van der Waals surface area contributed by atoms with E-state index in [9.17, 15) is 75.9 Å². The topological polar surface area (TPSA) is 500 Å². The van der Waals surface area contributed by atoms with Gasteiger partial charge in [0.15, 0.2) is 0 Å². The summed E-state index contributed by atoms with van der Waals surface area (Å²) in [6.45, 7) is -10.1. The maximum absolute atomic E-state index is 12.3. The third-order valence-electron chi connectivity index (χ3n) is 6.48. The van der Waals surface area contributed by atoms with Gasteiger partial charge in [-0.05, 0) is 26.9 Å². The first-order valence-corrected chi connectivity index (χ1v) is 31.8. The van der Waals surface area contributed by atoms with Crippen LogP contribution in [0.2, 0.25) is 0 Å². The molecular formula is C25H62N2O34P8. The molecule has 0 fully saturated rings. The van der Waals surface area contributed by atoms with Crippen LogP contribution >= 0.6 is 62.4 Å². The number of aliphatic hydroxyl groups is 1. The lowest BCUT2D eigenvalue weighted by Gasteiger charge is -2.22. The first-order chi connectivity index (χ1) is 31.9. The molecule has 0 amide bonds. The normalized spacial score (nSPS) is 20.2. The van der Waals surface area contributed by atoms with Crippen molar-refractivity contribution < 1.29 is 158 Å². The van der Waals surface area contributed by atoms with Crippen LogP contribution in [0.15, 0.2) is 0 Å². The second-order valence-electron chi connectivity index (χ2n) is 12.4. The Morgan fingerprint density at radius 2 is 0.609 bits per heavy atom. The third-order valence-corrected chi connectivity index (χ3v) is 14.3. The molecule has 69 heavy (non-hydrogen) atoms. The van der Waals surface area contributed by atoms with Crippen molar-refractivity contribution in [2.24, 2.45) is 0 Å². The molecule has 0 rings (SSSR count). The monoisotopic (exact) mass is 1180 g/mol. The fourth-order valence-electron chi connectivity index (χ4n) is 3.81. The van der Waals surface area contributed by atoms with Gasteiger partial charge in [0.1, 0.15) is 0 Å². The largest absolute Gasteiger partial charge is 0.472 e. The molecule has 0 spiro atoms. The lowest BCUT2D eigenvalue weighted by atomic mass is 10.3. The van der Waals surface area contributed by atoms with Gasteiger partial charge in [-0.25, -0.2) is 32.0 Å². The third kappa shape index (κ3) is 42.6. The maximum Gasteiger partial charge on any atom is 0.472 e. The molecular weight excluding hydrogens is 1120 g/mol. The van der Waals surface area contributed by atoms with Crippen LogP contribution < -0.4 is 10.6 Å². The maximum atomic E-state index is 12.3. The van der Waals surface area contributed by atoms with Gasteiger partial charge >= 0.3 is 62.4 Å². The van der Waals surface area contributed by atoms with Crippen LogP contribution in [0.1, 0.15) is 12.8 Å². The number of ether oxygens (including phenoxy) is 2. The van der Waals surface area contributed by atoms with Crippen molar-refractivity contribution in [2.75, 3.05) is 140 Å². The summed E-state index contributed by atoms with van der Waals surface area (Å²) in [5.74, 6) is 0. The Kier molecular flexibility index (Phi) is 36.3. The van der Waals surface area contributed by atoms with Crippen molar-refractivity contribution in [3.63, 3.8) is 0 Å². The van der Waals surface area contributed by atoms with E-state index in [1.54, 1.807) is 14.1 Å². The molecule has 0 aromatic rings. The van der Waals surface area contributed by atoms with E-state index >= 15 is 0 Å². The van der Waals surface area contributed by atoms with Crippen LogP contribution in [0.3, 0.4) is 0 Å². The summed E-state index contributed by atoms with van der Waals surface area (Å²) in [7, 11) is -35.0. The van der Waals surface area contributed by atoms with E-state index < -0.39 is 167 Å². The van der Waals surface area contributed by atoms with Gasteiger partial charge in [-0.3, -0.25) is 78.5 Å². The molecule has 0 radical (unpaired) electrons. The molecule has 11 N–H and O–H groups in total. The van der Waals surface area contributed by atoms with Crippen molar-refractivity contribution >= 4 is 62.4 Å². The van der Waals surface area contributed by atoms with Gasteiger partial charge in [0.05, 0.1) is 131 Å². The molecule has 0 saturated heterocycles. The Labute approximate surface area is 395 Å². The predicted molar refractivity (Wildman–Crippen MR) is 228 cm³/mol. The zero-order chi connectivity index (χ0) is 52.7. The minimum absolute atomic E-state index is 0.0290. The molecule has 10 unspecified atom stereocenters. The van der Waals surface area contributed by atoms with Gasteiger partial charge in [0, 0.05) is 6.66 Å². The molecule has 0 aliphatic carbocycles. The molecule has 416 valence electrons. The van der Waals surface area contributed by atoms with E-state index in [4.69, 9.17) is 27.9 Å². The summed E-state index contributed by atoms with van der Waals surface area (Å²) < 4.78 is 175. The van der Waals surface area contributed by atoms with Crippen LogP contribution in [0.25, 0.3) is 0 Å². The van der Waals surface area contributed by atoms with Crippen molar-refractivity contribution in [2.45, 2.75) is 25.0 Å². The lowest BCUT2D eigenvalue weighted by Crippen LogP contribution is -2.23. The van der Waals surface area contributed by atoms with Crippen LogP contribution in [-0.2, 0) is 114 Å². The van der Waals surface area contributed by atoms with E-state index in [1.807, 2.05) is 0 Å². The average Bonchev–Trinajstić information content (AvgIpc) is 3.23. The molecule has 0 aliphatic rings. The highest BCUT2D eigenvalue weighted by molar-refractivity contribution is 7.52. The van der Waals surface area contributed by atoms with Crippen molar-refractivity contribution in [3.05, 3.63) is 0 Å². The zero-order valence-electron chi connectivity index (χ0n) is 37.1. The molecule has 0 heterocycles. The van der Waals surface area contributed by atoms with Gasteiger partial charge in [0.2, 0.25) is 0 Å². The summed E-state index contributed by atoms with van der Waals surface area (Å²) >= 11 is 0. The fraction of sp³-hybridized carbons (Fsp3) is 1.00. The highest BCUT2D eigenvalue weighted by Gasteiger charge is 2.32. The predicted octanol–water partition coefficient (Wildman–Crippen LogP) is 0.650. The molecule has 0 saturated carbocycles. The summed E-state index contributed by atoms with van der Waals surface area (Å²) in [4.78, 5) is 77.7. The van der Waals surface area contributed by atoms with Crippen LogP contribution in [0, 0.1) is 0 Å². The highest BCUT2D eigenvalue weighted by atomic mass is 31.2. The quantitative estimate of drug-likeness (QED) is 0.0226. The molecule has 44 heteroatoms. The minimum Gasteiger partial charge on any atom is -0.394 e. The number of hydrogen-bond donors (Lipinski definition) is 11. The fourth-order valence-corrected chi connectivity index (χ4v) is 9.52. The van der Waals surface area contributed by atoms with E-state index in [-0.39, 0.29) is 39.5 Å². The number of aliphatic hydroxyl groups excluding tert-OH is 1. The van der Waals surface area contributed by atoms with Crippen LogP contribution in [-0.4, -0.2) is 196 Å². The second kappa shape index (κ2) is 35.9. The molecule has 0 aliphatic heterocycles. The molecule has 10 atom stereocenters. The zero-order valence-corrected chi connectivity index (χ0v) is 44.3. The Morgan fingerprint density at radius 1 is 0.362 bits per heavy atom. The van der Waals surface area contributed by atoms with Gasteiger partial charge < -0.3 is 58.3 Å². The Bertz CT molecular complexity index is 1790. The summed E-state index contributed by atoms with van der Waals surface area (Å²) in [5, 5.41) is 14.6. The van der Waals surface area contributed by atoms with Gasteiger partial charge in [0.25, 0.3) is 0 Å². The summed E-state index contributed by atoms with van der Waals surface area (Å²) in [6.07, 6.45) is -2.72. The first-order valence-electron chi connectivity index (χ1n) is 19.3. The molecule has 36 nitrogen and oxygen atoms in total. The van der Waals surface area contributed by atoms with E-state index in [2.05, 4.69) is 64.9 Å². The van der Waals surface area contributed by atoms with E-state index in [1.165, 1.54) is 0 Å². The standard InChI is InChI=1S/C25H62N2O34P8/c1-26-22-45-6-4-24(20-28)60-68(41,42)58-19-18-55-66(37,38)53-15-14-51-64(33,34)49-11-10-48-63(31,32)50-12-13-52-65(35,36)54-16-17-56-67(39,40)59-21-25(5-7-46-23-27-2)61-69(43,44)57-9-8-47-62(3,29)30/h24-28H,4-23H2,1-3H3,(H,29,30)(H,31,32)(H,33,34)(H,35,36)(H,37,38)(H,39,40)(H,41,42)(H,43,44). The number of nitrogens with one attached hydrogen (secondary N) is 2. The van der Waals surface area contributed by atoms with Crippen molar-refractivity contribution in [1.29, 1.82) is 0 Å². The SMILES string of the molecule is CNCOCCC(CO)OP(=O)(O)OCCOP(=O)(O)OCCOP(=O)(O)OCCOP(=O)(O)OCCOP(=O)(O)OCCOP(=O)(O)OCC(CCOCNC)OP(=O)(O)OCCOP(C)(=O)O. The van der Waals surface area contributed by atoms with E-state index in [0.717, 1.165) is 6.66 Å². The molecule has 0 aromatic carbocycles. The molecule has 0 aromatic heterocycles. The lowest BCUT2D eigenvalue weighted by molar-refractivity contribution is 0.0236. The number of phosphoric ester groups is 7. The Morgan fingerprint density at radius 3 is 0.884 bits per heavy atom. The van der Waals surface area contributed by atoms with Crippen molar-refractivity contribution in [3.8, 4) is 0 Å². The van der Waals surface area contributed by atoms with Crippen LogP contribution in [0.5, 0.6) is 0 Å². The summed E-state index contributed by atoms with van der Waals surface area (Å²) in [5.41, 5.74) is 0. The Balaban J connectivity index is 4.48. The highest BCUT2D eigenvalue weighted by Crippen LogP contribution is 2.50. The number of phosphoric acid groups is 7.